The number of nitrogens with zero attached hydrogens (tertiary/aromatic N) is 2. The fraction of sp³-hybridized carbons (Fsp3) is 0.344. The van der Waals surface area contributed by atoms with Gasteiger partial charge in [0, 0.05) is 12.6 Å². The molecule has 194 valence electrons. The summed E-state index contributed by atoms with van der Waals surface area (Å²) in [6, 6.07) is 25.8. The Kier molecular flexibility index (Phi) is 6.26. The Balaban J connectivity index is 1.21. The Hall–Kier alpha value is -3.93. The van der Waals surface area contributed by atoms with Crippen LogP contribution in [-0.2, 0) is 28.1 Å². The van der Waals surface area contributed by atoms with Gasteiger partial charge >= 0.3 is 6.03 Å². The molecule has 0 aromatic heterocycles. The summed E-state index contributed by atoms with van der Waals surface area (Å²) in [4.78, 5) is 43.4. The number of fused-ring (bicyclic) bond motifs is 2. The average Bonchev–Trinajstić information content (AvgIpc) is 3.39. The van der Waals surface area contributed by atoms with Gasteiger partial charge in [-0.25, -0.2) is 4.79 Å². The minimum Gasteiger partial charge on any atom is -0.334 e. The third-order valence-electron chi connectivity index (χ3n) is 8.77. The van der Waals surface area contributed by atoms with E-state index in [4.69, 9.17) is 0 Å². The van der Waals surface area contributed by atoms with Gasteiger partial charge in [-0.15, -0.1) is 0 Å². The molecule has 3 aromatic rings. The van der Waals surface area contributed by atoms with Gasteiger partial charge in [-0.1, -0.05) is 85.3 Å². The molecule has 6 heteroatoms. The van der Waals surface area contributed by atoms with Crippen LogP contribution in [0.5, 0.6) is 0 Å². The fourth-order valence-electron chi connectivity index (χ4n) is 6.23. The zero-order valence-electron chi connectivity index (χ0n) is 21.7. The number of nitrogens with one attached hydrogen (secondary N) is 1. The SMILES string of the molecule is C[C@@H](C1CCC1)N(Cc1ccc(-c2ccccc2)cc1)C(=O)CN1C(=O)N[C@@]2(CCc3ccccc32)C1=O. The molecule has 1 spiro atoms. The largest absolute Gasteiger partial charge is 0.334 e. The molecule has 1 saturated heterocycles. The number of hydrogen-bond acceptors (Lipinski definition) is 3. The zero-order chi connectivity index (χ0) is 26.3. The van der Waals surface area contributed by atoms with E-state index in [2.05, 4.69) is 48.6 Å². The first kappa shape index (κ1) is 24.4. The summed E-state index contributed by atoms with van der Waals surface area (Å²) in [5.74, 6) is -0.0636. The molecule has 0 unspecified atom stereocenters. The van der Waals surface area contributed by atoms with Crippen LogP contribution in [0.15, 0.2) is 78.9 Å². The molecule has 2 aliphatic carbocycles. The predicted molar refractivity (Wildman–Crippen MR) is 146 cm³/mol. The van der Waals surface area contributed by atoms with E-state index in [1.165, 1.54) is 6.42 Å². The smallest absolute Gasteiger partial charge is 0.325 e. The van der Waals surface area contributed by atoms with Gasteiger partial charge in [0.05, 0.1) is 0 Å². The van der Waals surface area contributed by atoms with E-state index in [9.17, 15) is 14.4 Å². The third kappa shape index (κ3) is 4.18. The van der Waals surface area contributed by atoms with Crippen molar-refractivity contribution >= 4 is 17.8 Å². The average molecular weight is 508 g/mol. The Labute approximate surface area is 223 Å². The number of imide groups is 1. The lowest BCUT2D eigenvalue weighted by atomic mass is 9.79. The molecule has 6 rings (SSSR count). The van der Waals surface area contributed by atoms with E-state index in [1.54, 1.807) is 0 Å². The van der Waals surface area contributed by atoms with Crippen molar-refractivity contribution in [1.29, 1.82) is 0 Å². The van der Waals surface area contributed by atoms with Gasteiger partial charge in [-0.2, -0.15) is 0 Å². The minimum absolute atomic E-state index is 0.0342. The second-order valence-electron chi connectivity index (χ2n) is 10.9. The fourth-order valence-corrected chi connectivity index (χ4v) is 6.23. The van der Waals surface area contributed by atoms with Gasteiger partial charge in [0.15, 0.2) is 0 Å². The molecule has 38 heavy (non-hydrogen) atoms. The molecule has 4 amide bonds. The summed E-state index contributed by atoms with van der Waals surface area (Å²) >= 11 is 0. The van der Waals surface area contributed by atoms with E-state index in [0.717, 1.165) is 52.0 Å². The molecule has 2 atom stereocenters. The van der Waals surface area contributed by atoms with Crippen LogP contribution in [0.25, 0.3) is 11.1 Å². The lowest BCUT2D eigenvalue weighted by Crippen LogP contribution is -2.49. The molecule has 1 aliphatic heterocycles. The van der Waals surface area contributed by atoms with Crippen LogP contribution >= 0.6 is 0 Å². The van der Waals surface area contributed by atoms with Crippen LogP contribution < -0.4 is 5.32 Å². The summed E-state index contributed by atoms with van der Waals surface area (Å²) in [5.41, 5.74) is 4.19. The molecule has 1 saturated carbocycles. The van der Waals surface area contributed by atoms with Gasteiger partial charge < -0.3 is 10.2 Å². The minimum atomic E-state index is -1.05. The lowest BCUT2D eigenvalue weighted by molar-refractivity contribution is -0.142. The highest BCUT2D eigenvalue weighted by Gasteiger charge is 2.55. The van der Waals surface area contributed by atoms with E-state index in [-0.39, 0.29) is 24.4 Å². The van der Waals surface area contributed by atoms with Crippen LogP contribution in [-0.4, -0.2) is 40.2 Å². The number of rotatable bonds is 7. The van der Waals surface area contributed by atoms with Crippen LogP contribution in [0.2, 0.25) is 0 Å². The summed E-state index contributed by atoms with van der Waals surface area (Å²) in [6.45, 7) is 2.30. The van der Waals surface area contributed by atoms with Crippen molar-refractivity contribution in [2.45, 2.75) is 57.2 Å². The van der Waals surface area contributed by atoms with Gasteiger partial charge in [-0.3, -0.25) is 14.5 Å². The highest BCUT2D eigenvalue weighted by molar-refractivity contribution is 6.10. The second-order valence-corrected chi connectivity index (χ2v) is 10.9. The monoisotopic (exact) mass is 507 g/mol. The molecule has 2 fully saturated rings. The maximum atomic E-state index is 13.8. The Bertz CT molecular complexity index is 1370. The number of carbonyl (C=O) groups is 3. The molecule has 1 N–H and O–H groups in total. The van der Waals surface area contributed by atoms with Crippen LogP contribution in [0.4, 0.5) is 4.79 Å². The molecular weight excluding hydrogens is 474 g/mol. The standard InChI is InChI=1S/C32H33N3O3/c1-22(24-11-7-12-24)34(20-23-14-16-26(17-15-23)25-8-3-2-4-9-25)29(36)21-35-30(37)32(33-31(35)38)19-18-27-10-5-6-13-28(27)32/h2-6,8-10,13-17,22,24H,7,11-12,18-21H2,1H3,(H,33,38)/t22-,32+/m0/s1. The van der Waals surface area contributed by atoms with Crippen molar-refractivity contribution in [2.75, 3.05) is 6.54 Å². The Morgan fingerprint density at radius 1 is 0.974 bits per heavy atom. The number of benzene rings is 3. The maximum absolute atomic E-state index is 13.8. The molecule has 0 bridgehead atoms. The van der Waals surface area contributed by atoms with Crippen molar-refractivity contribution in [3.8, 4) is 11.1 Å². The van der Waals surface area contributed by atoms with Crippen molar-refractivity contribution in [2.24, 2.45) is 5.92 Å². The van der Waals surface area contributed by atoms with Crippen molar-refractivity contribution in [1.82, 2.24) is 15.1 Å². The highest BCUT2D eigenvalue weighted by atomic mass is 16.2. The first-order valence-electron chi connectivity index (χ1n) is 13.6. The van der Waals surface area contributed by atoms with Crippen LogP contribution in [0, 0.1) is 5.92 Å². The van der Waals surface area contributed by atoms with Gasteiger partial charge in [0.2, 0.25) is 5.91 Å². The summed E-state index contributed by atoms with van der Waals surface area (Å²) < 4.78 is 0. The number of amides is 4. The van der Waals surface area contributed by atoms with E-state index in [1.807, 2.05) is 47.4 Å². The number of carbonyl (C=O) groups excluding carboxylic acids is 3. The van der Waals surface area contributed by atoms with Gasteiger partial charge in [-0.05, 0) is 66.3 Å². The molecule has 0 radical (unpaired) electrons. The molecular formula is C32H33N3O3. The van der Waals surface area contributed by atoms with E-state index in [0.29, 0.717) is 18.9 Å². The lowest BCUT2D eigenvalue weighted by Gasteiger charge is -2.39. The predicted octanol–water partition coefficient (Wildman–Crippen LogP) is 5.26. The first-order valence-corrected chi connectivity index (χ1v) is 13.6. The van der Waals surface area contributed by atoms with Crippen molar-refractivity contribution in [3.05, 3.63) is 95.6 Å². The molecule has 3 aliphatic rings. The van der Waals surface area contributed by atoms with Crippen LogP contribution in [0.1, 0.15) is 49.3 Å². The first-order chi connectivity index (χ1) is 18.5. The van der Waals surface area contributed by atoms with Gasteiger partial charge in [0.25, 0.3) is 5.91 Å². The molecule has 1 heterocycles. The summed E-state index contributed by atoms with van der Waals surface area (Å²) in [5, 5.41) is 2.94. The second kappa shape index (κ2) is 9.75. The topological polar surface area (TPSA) is 69.7 Å². The Morgan fingerprint density at radius 2 is 1.66 bits per heavy atom. The quantitative estimate of drug-likeness (QED) is 0.443. The Morgan fingerprint density at radius 3 is 2.37 bits per heavy atom. The normalized spacial score (nSPS) is 21.2. The summed E-state index contributed by atoms with van der Waals surface area (Å²) in [6.07, 6.45) is 4.63. The molecule has 3 aromatic carbocycles. The number of urea groups is 1. The third-order valence-corrected chi connectivity index (χ3v) is 8.77. The summed E-state index contributed by atoms with van der Waals surface area (Å²) in [7, 11) is 0. The number of aryl methyl sites for hydroxylation is 1. The van der Waals surface area contributed by atoms with Crippen molar-refractivity contribution in [3.63, 3.8) is 0 Å². The maximum Gasteiger partial charge on any atom is 0.325 e. The zero-order valence-corrected chi connectivity index (χ0v) is 21.7. The van der Waals surface area contributed by atoms with Crippen molar-refractivity contribution < 1.29 is 14.4 Å². The highest BCUT2D eigenvalue weighted by Crippen LogP contribution is 2.41. The molecule has 6 nitrogen and oxygen atoms in total. The van der Waals surface area contributed by atoms with Gasteiger partial charge in [0.1, 0.15) is 12.1 Å². The van der Waals surface area contributed by atoms with E-state index < -0.39 is 11.6 Å². The van der Waals surface area contributed by atoms with Crippen LogP contribution in [0.3, 0.4) is 0 Å². The number of hydrogen-bond donors (Lipinski definition) is 1. The van der Waals surface area contributed by atoms with E-state index >= 15 is 0 Å².